The van der Waals surface area contributed by atoms with Crippen molar-refractivity contribution in [2.45, 2.75) is 5.75 Å². The summed E-state index contributed by atoms with van der Waals surface area (Å²) in [5, 5.41) is 0.735. The standard InChI is InChI=1S/C11H13ClO2S/c1-14-6-11(13)8-15-7-9-2-4-10(12)5-3-9/h2-5H,6-8H2,1H3. The summed E-state index contributed by atoms with van der Waals surface area (Å²) in [6.45, 7) is 0.202. The van der Waals surface area contributed by atoms with Crippen LogP contribution in [-0.2, 0) is 15.3 Å². The summed E-state index contributed by atoms with van der Waals surface area (Å²) >= 11 is 7.35. The molecule has 1 aromatic rings. The minimum Gasteiger partial charge on any atom is -0.377 e. The van der Waals surface area contributed by atoms with Gasteiger partial charge in [0, 0.05) is 17.9 Å². The number of rotatable bonds is 6. The van der Waals surface area contributed by atoms with Crippen molar-refractivity contribution < 1.29 is 9.53 Å². The third-order valence-corrected chi connectivity index (χ3v) is 3.07. The van der Waals surface area contributed by atoms with Crippen molar-refractivity contribution in [1.82, 2.24) is 0 Å². The lowest BCUT2D eigenvalue weighted by Crippen LogP contribution is -2.09. The maximum Gasteiger partial charge on any atom is 0.168 e. The van der Waals surface area contributed by atoms with Gasteiger partial charge in [0.25, 0.3) is 0 Å². The second-order valence-electron chi connectivity index (χ2n) is 3.09. The maximum atomic E-state index is 11.1. The quantitative estimate of drug-likeness (QED) is 0.770. The number of hydrogen-bond acceptors (Lipinski definition) is 3. The molecule has 0 atom stereocenters. The molecule has 82 valence electrons. The Balaban J connectivity index is 2.26. The molecule has 0 spiro atoms. The molecule has 4 heteroatoms. The van der Waals surface area contributed by atoms with Gasteiger partial charge in [-0.15, -0.1) is 11.8 Å². The first kappa shape index (κ1) is 12.6. The number of ether oxygens (including phenoxy) is 1. The van der Waals surface area contributed by atoms with Gasteiger partial charge < -0.3 is 4.74 Å². The molecular weight excluding hydrogens is 232 g/mol. The van der Waals surface area contributed by atoms with Crippen LogP contribution in [0, 0.1) is 0 Å². The number of benzene rings is 1. The summed E-state index contributed by atoms with van der Waals surface area (Å²) in [7, 11) is 1.53. The van der Waals surface area contributed by atoms with Crippen LogP contribution in [0.3, 0.4) is 0 Å². The summed E-state index contributed by atoms with van der Waals surface area (Å²) in [4.78, 5) is 11.1. The van der Waals surface area contributed by atoms with E-state index in [9.17, 15) is 4.79 Å². The van der Waals surface area contributed by atoms with Gasteiger partial charge in [0.2, 0.25) is 0 Å². The highest BCUT2D eigenvalue weighted by molar-refractivity contribution is 7.99. The summed E-state index contributed by atoms with van der Waals surface area (Å²) in [5.74, 6) is 1.44. The Morgan fingerprint density at radius 2 is 2.07 bits per heavy atom. The van der Waals surface area contributed by atoms with Gasteiger partial charge in [-0.2, -0.15) is 0 Å². The van der Waals surface area contributed by atoms with E-state index in [1.807, 2.05) is 24.3 Å². The maximum absolute atomic E-state index is 11.1. The molecule has 0 aliphatic heterocycles. The van der Waals surface area contributed by atoms with Crippen LogP contribution in [0.1, 0.15) is 5.56 Å². The number of carbonyl (C=O) groups excluding carboxylic acids is 1. The van der Waals surface area contributed by atoms with E-state index in [1.54, 1.807) is 11.8 Å². The van der Waals surface area contributed by atoms with E-state index in [-0.39, 0.29) is 12.4 Å². The molecule has 0 unspecified atom stereocenters. The van der Waals surface area contributed by atoms with Crippen LogP contribution in [0.15, 0.2) is 24.3 Å². The number of ketones is 1. The van der Waals surface area contributed by atoms with Crippen LogP contribution < -0.4 is 0 Å². The molecule has 15 heavy (non-hydrogen) atoms. The van der Waals surface area contributed by atoms with Crippen LogP contribution in [0.25, 0.3) is 0 Å². The highest BCUT2D eigenvalue weighted by Gasteiger charge is 2.01. The zero-order valence-electron chi connectivity index (χ0n) is 8.53. The Labute approximate surface area is 99.0 Å². The van der Waals surface area contributed by atoms with Crippen molar-refractivity contribution in [2.24, 2.45) is 0 Å². The molecule has 0 fully saturated rings. The Morgan fingerprint density at radius 3 is 2.67 bits per heavy atom. The number of Topliss-reactive ketones (excluding diaryl/α,β-unsaturated/α-hetero) is 1. The fourth-order valence-electron chi connectivity index (χ4n) is 1.07. The first-order valence-corrected chi connectivity index (χ1v) is 6.08. The van der Waals surface area contributed by atoms with Crippen LogP contribution in [0.5, 0.6) is 0 Å². The van der Waals surface area contributed by atoms with E-state index in [0.717, 1.165) is 10.8 Å². The molecule has 0 heterocycles. The van der Waals surface area contributed by atoms with E-state index >= 15 is 0 Å². The fourth-order valence-corrected chi connectivity index (χ4v) is 2.03. The Morgan fingerprint density at radius 1 is 1.40 bits per heavy atom. The lowest BCUT2D eigenvalue weighted by Gasteiger charge is -2.01. The minimum atomic E-state index is 0.122. The molecular formula is C11H13ClO2S. The molecule has 0 N–H and O–H groups in total. The van der Waals surface area contributed by atoms with Gasteiger partial charge in [-0.25, -0.2) is 0 Å². The lowest BCUT2D eigenvalue weighted by atomic mass is 10.2. The average Bonchev–Trinajstić information content (AvgIpc) is 2.21. The first-order chi connectivity index (χ1) is 7.22. The predicted octanol–water partition coefficient (Wildman–Crippen LogP) is 2.79. The second kappa shape index (κ2) is 6.88. The molecule has 0 amide bonds. The zero-order valence-corrected chi connectivity index (χ0v) is 10.1. The van der Waals surface area contributed by atoms with Gasteiger partial charge in [0.15, 0.2) is 5.78 Å². The largest absolute Gasteiger partial charge is 0.377 e. The van der Waals surface area contributed by atoms with Crippen molar-refractivity contribution >= 4 is 29.1 Å². The zero-order chi connectivity index (χ0) is 11.1. The van der Waals surface area contributed by atoms with Crippen molar-refractivity contribution in [3.63, 3.8) is 0 Å². The van der Waals surface area contributed by atoms with E-state index < -0.39 is 0 Å². The normalized spacial score (nSPS) is 10.3. The number of hydrogen-bond donors (Lipinski definition) is 0. The molecule has 2 nitrogen and oxygen atoms in total. The van der Waals surface area contributed by atoms with Gasteiger partial charge in [0.05, 0.1) is 5.75 Å². The smallest absolute Gasteiger partial charge is 0.168 e. The van der Waals surface area contributed by atoms with Gasteiger partial charge in [-0.1, -0.05) is 23.7 Å². The highest BCUT2D eigenvalue weighted by atomic mass is 35.5. The summed E-state index contributed by atoms with van der Waals surface area (Å²) in [6, 6.07) is 7.65. The van der Waals surface area contributed by atoms with E-state index in [2.05, 4.69) is 0 Å². The lowest BCUT2D eigenvalue weighted by molar-refractivity contribution is -0.120. The molecule has 1 aromatic carbocycles. The van der Waals surface area contributed by atoms with E-state index in [4.69, 9.17) is 16.3 Å². The van der Waals surface area contributed by atoms with Crippen molar-refractivity contribution in [1.29, 1.82) is 0 Å². The minimum absolute atomic E-state index is 0.122. The third kappa shape index (κ3) is 5.21. The monoisotopic (exact) mass is 244 g/mol. The number of halogens is 1. The van der Waals surface area contributed by atoms with Gasteiger partial charge in [0.1, 0.15) is 6.61 Å². The van der Waals surface area contributed by atoms with Crippen molar-refractivity contribution in [3.05, 3.63) is 34.9 Å². The molecule has 1 rings (SSSR count). The molecule has 0 aliphatic carbocycles. The predicted molar refractivity (Wildman–Crippen MR) is 64.5 cm³/mol. The average molecular weight is 245 g/mol. The SMILES string of the molecule is COCC(=O)CSCc1ccc(Cl)cc1. The van der Waals surface area contributed by atoms with E-state index in [0.29, 0.717) is 5.75 Å². The number of carbonyl (C=O) groups is 1. The molecule has 0 bridgehead atoms. The Kier molecular flexibility index (Phi) is 5.76. The molecule has 0 saturated carbocycles. The summed E-state index contributed by atoms with van der Waals surface area (Å²) in [6.07, 6.45) is 0. The third-order valence-electron chi connectivity index (χ3n) is 1.75. The Hall–Kier alpha value is -0.510. The van der Waals surface area contributed by atoms with Crippen LogP contribution >= 0.6 is 23.4 Å². The Bertz CT molecular complexity index is 311. The first-order valence-electron chi connectivity index (χ1n) is 4.55. The summed E-state index contributed by atoms with van der Waals surface area (Å²) in [5.41, 5.74) is 1.18. The van der Waals surface area contributed by atoms with Crippen LogP contribution in [0.4, 0.5) is 0 Å². The topological polar surface area (TPSA) is 26.3 Å². The summed E-state index contributed by atoms with van der Waals surface area (Å²) < 4.78 is 4.74. The van der Waals surface area contributed by atoms with Crippen molar-refractivity contribution in [2.75, 3.05) is 19.5 Å². The van der Waals surface area contributed by atoms with Gasteiger partial charge in [-0.3, -0.25) is 4.79 Å². The molecule has 0 radical (unpaired) electrons. The molecule has 0 aliphatic rings. The molecule has 0 saturated heterocycles. The number of methoxy groups -OCH3 is 1. The fraction of sp³-hybridized carbons (Fsp3) is 0.364. The van der Waals surface area contributed by atoms with Gasteiger partial charge >= 0.3 is 0 Å². The van der Waals surface area contributed by atoms with Gasteiger partial charge in [-0.05, 0) is 17.7 Å². The van der Waals surface area contributed by atoms with Crippen LogP contribution in [-0.4, -0.2) is 25.3 Å². The second-order valence-corrected chi connectivity index (χ2v) is 4.51. The number of thioether (sulfide) groups is 1. The highest BCUT2D eigenvalue weighted by Crippen LogP contribution is 2.15. The van der Waals surface area contributed by atoms with E-state index in [1.165, 1.54) is 12.7 Å². The van der Waals surface area contributed by atoms with Crippen molar-refractivity contribution in [3.8, 4) is 0 Å². The van der Waals surface area contributed by atoms with Crippen LogP contribution in [0.2, 0.25) is 5.02 Å². The molecule has 0 aromatic heterocycles.